The highest BCUT2D eigenvalue weighted by Crippen LogP contribution is 2.43. The summed E-state index contributed by atoms with van der Waals surface area (Å²) in [5.74, 6) is 1.57. The van der Waals surface area contributed by atoms with E-state index in [0.717, 1.165) is 18.8 Å². The van der Waals surface area contributed by atoms with Crippen LogP contribution in [0.25, 0.3) is 0 Å². The van der Waals surface area contributed by atoms with Crippen LogP contribution in [0.4, 0.5) is 5.82 Å². The Kier molecular flexibility index (Phi) is 2.36. The molecular formula is C13H18N2O. The van der Waals surface area contributed by atoms with Crippen molar-refractivity contribution >= 4 is 5.82 Å². The van der Waals surface area contributed by atoms with E-state index in [2.05, 4.69) is 30.2 Å². The monoisotopic (exact) mass is 218 g/mol. The topological polar surface area (TPSA) is 34.1 Å². The fourth-order valence-corrected chi connectivity index (χ4v) is 2.79. The first kappa shape index (κ1) is 10.1. The van der Waals surface area contributed by atoms with E-state index in [-0.39, 0.29) is 6.10 Å². The zero-order valence-electron chi connectivity index (χ0n) is 9.86. The maximum atomic E-state index is 5.92. The van der Waals surface area contributed by atoms with E-state index in [9.17, 15) is 0 Å². The summed E-state index contributed by atoms with van der Waals surface area (Å²) in [6.45, 7) is 5.34. The summed E-state index contributed by atoms with van der Waals surface area (Å²) in [5.41, 5.74) is 2.69. The van der Waals surface area contributed by atoms with Gasteiger partial charge in [-0.05, 0) is 30.4 Å². The van der Waals surface area contributed by atoms with Crippen molar-refractivity contribution in [2.75, 3.05) is 11.9 Å². The third-order valence-corrected chi connectivity index (χ3v) is 3.57. The second-order valence-corrected chi connectivity index (χ2v) is 5.00. The third kappa shape index (κ3) is 1.42. The van der Waals surface area contributed by atoms with Gasteiger partial charge < -0.3 is 10.1 Å². The molecule has 0 bridgehead atoms. The molecule has 1 fully saturated rings. The lowest BCUT2D eigenvalue weighted by Crippen LogP contribution is -2.28. The maximum absolute atomic E-state index is 5.92. The van der Waals surface area contributed by atoms with Crippen LogP contribution in [0.5, 0.6) is 0 Å². The quantitative estimate of drug-likeness (QED) is 0.787. The van der Waals surface area contributed by atoms with Gasteiger partial charge in [-0.3, -0.25) is 0 Å². The van der Waals surface area contributed by atoms with Crippen LogP contribution in [0.2, 0.25) is 0 Å². The molecule has 1 aromatic heterocycles. The van der Waals surface area contributed by atoms with Crippen molar-refractivity contribution in [1.29, 1.82) is 0 Å². The van der Waals surface area contributed by atoms with Crippen molar-refractivity contribution in [1.82, 2.24) is 4.98 Å². The van der Waals surface area contributed by atoms with Gasteiger partial charge in [-0.15, -0.1) is 0 Å². The number of ether oxygens (including phenoxy) is 1. The molecule has 0 spiro atoms. The fourth-order valence-electron chi connectivity index (χ4n) is 2.79. The molecule has 3 rings (SSSR count). The molecule has 0 amide bonds. The third-order valence-electron chi connectivity index (χ3n) is 3.57. The Morgan fingerprint density at radius 3 is 3.19 bits per heavy atom. The van der Waals surface area contributed by atoms with Crippen molar-refractivity contribution in [2.45, 2.75) is 44.8 Å². The Balaban J connectivity index is 2.06. The van der Waals surface area contributed by atoms with Crippen LogP contribution in [0.15, 0.2) is 12.3 Å². The van der Waals surface area contributed by atoms with Crippen molar-refractivity contribution < 1.29 is 4.74 Å². The van der Waals surface area contributed by atoms with Crippen LogP contribution in [0, 0.1) is 0 Å². The van der Waals surface area contributed by atoms with E-state index in [1.54, 1.807) is 0 Å². The van der Waals surface area contributed by atoms with E-state index in [4.69, 9.17) is 4.74 Å². The predicted molar refractivity (Wildman–Crippen MR) is 63.7 cm³/mol. The van der Waals surface area contributed by atoms with E-state index >= 15 is 0 Å². The number of rotatable bonds is 1. The lowest BCUT2D eigenvalue weighted by atomic mass is 9.92. The number of fused-ring (bicyclic) bond motifs is 3. The summed E-state index contributed by atoms with van der Waals surface area (Å²) in [4.78, 5) is 4.44. The van der Waals surface area contributed by atoms with Gasteiger partial charge in [0, 0.05) is 18.4 Å². The molecule has 3 heteroatoms. The van der Waals surface area contributed by atoms with E-state index < -0.39 is 0 Å². The molecule has 2 aliphatic rings. The number of hydrogen-bond acceptors (Lipinski definition) is 3. The van der Waals surface area contributed by atoms with E-state index in [1.807, 2.05) is 6.20 Å². The van der Waals surface area contributed by atoms with Gasteiger partial charge in [0.05, 0.1) is 6.04 Å². The summed E-state index contributed by atoms with van der Waals surface area (Å²) in [6.07, 6.45) is 4.48. The van der Waals surface area contributed by atoms with Gasteiger partial charge in [0.1, 0.15) is 11.9 Å². The molecule has 16 heavy (non-hydrogen) atoms. The van der Waals surface area contributed by atoms with Crippen LogP contribution < -0.4 is 5.32 Å². The fraction of sp³-hybridized carbons (Fsp3) is 0.615. The average Bonchev–Trinajstić information content (AvgIpc) is 2.66. The molecule has 0 aliphatic carbocycles. The van der Waals surface area contributed by atoms with Crippen LogP contribution in [0.1, 0.15) is 49.8 Å². The lowest BCUT2D eigenvalue weighted by molar-refractivity contribution is 0.0113. The molecule has 3 nitrogen and oxygen atoms in total. The Morgan fingerprint density at radius 1 is 1.50 bits per heavy atom. The molecule has 1 N–H and O–H groups in total. The molecule has 0 saturated carbocycles. The lowest BCUT2D eigenvalue weighted by Gasteiger charge is -2.26. The molecule has 1 aromatic rings. The number of aromatic nitrogens is 1. The Bertz CT molecular complexity index is 403. The second-order valence-electron chi connectivity index (χ2n) is 5.00. The highest BCUT2D eigenvalue weighted by Gasteiger charge is 2.37. The minimum atomic E-state index is 0.231. The normalized spacial score (nSPS) is 27.4. The van der Waals surface area contributed by atoms with Gasteiger partial charge in [0.2, 0.25) is 0 Å². The maximum Gasteiger partial charge on any atom is 0.132 e. The number of nitrogens with one attached hydrogen (secondary N) is 1. The molecular weight excluding hydrogens is 200 g/mol. The molecule has 2 aliphatic heterocycles. The van der Waals surface area contributed by atoms with Gasteiger partial charge in [-0.2, -0.15) is 0 Å². The van der Waals surface area contributed by atoms with Crippen molar-refractivity contribution in [3.05, 3.63) is 23.4 Å². The number of anilines is 1. The smallest absolute Gasteiger partial charge is 0.132 e. The molecule has 2 unspecified atom stereocenters. The molecule has 0 radical (unpaired) electrons. The first-order valence-corrected chi connectivity index (χ1v) is 6.14. The average molecular weight is 218 g/mol. The zero-order valence-corrected chi connectivity index (χ0v) is 9.86. The van der Waals surface area contributed by atoms with Gasteiger partial charge in [0.15, 0.2) is 0 Å². The molecule has 86 valence electrons. The SMILES string of the molecule is CC(C)c1ccnc2c1C1OCCCC1N2. The van der Waals surface area contributed by atoms with Crippen molar-refractivity contribution in [3.8, 4) is 0 Å². The Labute approximate surface area is 96.2 Å². The highest BCUT2D eigenvalue weighted by atomic mass is 16.5. The number of pyridine rings is 1. The first-order chi connectivity index (χ1) is 7.77. The summed E-state index contributed by atoms with van der Waals surface area (Å²) >= 11 is 0. The van der Waals surface area contributed by atoms with Crippen molar-refractivity contribution in [3.63, 3.8) is 0 Å². The van der Waals surface area contributed by atoms with Crippen LogP contribution in [0.3, 0.4) is 0 Å². The Morgan fingerprint density at radius 2 is 2.38 bits per heavy atom. The second kappa shape index (κ2) is 3.74. The molecule has 1 saturated heterocycles. The van der Waals surface area contributed by atoms with Gasteiger partial charge in [-0.25, -0.2) is 4.98 Å². The summed E-state index contributed by atoms with van der Waals surface area (Å²) in [5, 5.41) is 3.50. The summed E-state index contributed by atoms with van der Waals surface area (Å²) in [6, 6.07) is 2.57. The van der Waals surface area contributed by atoms with Gasteiger partial charge in [0.25, 0.3) is 0 Å². The minimum Gasteiger partial charge on any atom is -0.371 e. The highest BCUT2D eigenvalue weighted by molar-refractivity contribution is 5.57. The largest absolute Gasteiger partial charge is 0.371 e. The van der Waals surface area contributed by atoms with Crippen molar-refractivity contribution in [2.24, 2.45) is 0 Å². The predicted octanol–water partition coefficient (Wildman–Crippen LogP) is 2.85. The summed E-state index contributed by atoms with van der Waals surface area (Å²) < 4.78 is 5.92. The van der Waals surface area contributed by atoms with Crippen LogP contribution in [-0.2, 0) is 4.74 Å². The Hall–Kier alpha value is -1.09. The zero-order chi connectivity index (χ0) is 11.1. The van der Waals surface area contributed by atoms with Gasteiger partial charge >= 0.3 is 0 Å². The number of hydrogen-bond donors (Lipinski definition) is 1. The van der Waals surface area contributed by atoms with E-state index in [1.165, 1.54) is 17.5 Å². The minimum absolute atomic E-state index is 0.231. The number of nitrogens with zero attached hydrogens (tertiary/aromatic N) is 1. The van der Waals surface area contributed by atoms with Crippen LogP contribution in [-0.4, -0.2) is 17.6 Å². The summed E-state index contributed by atoms with van der Waals surface area (Å²) in [7, 11) is 0. The standard InChI is InChI=1S/C13H18N2O/c1-8(2)9-5-6-14-13-11(9)12-10(15-13)4-3-7-16-12/h5-6,8,10,12H,3-4,7H2,1-2H3,(H,14,15). The molecule has 2 atom stereocenters. The molecule has 0 aromatic carbocycles. The van der Waals surface area contributed by atoms with Crippen LogP contribution >= 0.6 is 0 Å². The van der Waals surface area contributed by atoms with E-state index in [0.29, 0.717) is 12.0 Å². The first-order valence-electron chi connectivity index (χ1n) is 6.14. The van der Waals surface area contributed by atoms with Gasteiger partial charge in [-0.1, -0.05) is 13.8 Å². The molecule has 3 heterocycles.